The van der Waals surface area contributed by atoms with Crippen molar-refractivity contribution in [2.45, 2.75) is 39.9 Å². The summed E-state index contributed by atoms with van der Waals surface area (Å²) in [5.74, 6) is 0.406. The second kappa shape index (κ2) is 9.01. The second-order valence-electron chi connectivity index (χ2n) is 7.66. The van der Waals surface area contributed by atoms with Gasteiger partial charge in [0, 0.05) is 37.6 Å². The van der Waals surface area contributed by atoms with Crippen LogP contribution in [0.15, 0.2) is 72.9 Å². The SMILES string of the molecule is CC(C)CN(Cc1cccn1Cc1ccc(F)cc1)[C@H](C)c1ccccc1. The van der Waals surface area contributed by atoms with Crippen LogP contribution in [0.25, 0.3) is 0 Å². The lowest BCUT2D eigenvalue weighted by atomic mass is 10.0. The summed E-state index contributed by atoms with van der Waals surface area (Å²) < 4.78 is 15.4. The van der Waals surface area contributed by atoms with Gasteiger partial charge < -0.3 is 4.57 Å². The van der Waals surface area contributed by atoms with Crippen molar-refractivity contribution < 1.29 is 4.39 Å². The van der Waals surface area contributed by atoms with Gasteiger partial charge in [0.05, 0.1) is 0 Å². The predicted molar refractivity (Wildman–Crippen MR) is 110 cm³/mol. The molecule has 0 amide bonds. The Morgan fingerprint density at radius 1 is 0.889 bits per heavy atom. The third-order valence-corrected chi connectivity index (χ3v) is 4.98. The molecule has 0 radical (unpaired) electrons. The molecule has 1 heterocycles. The smallest absolute Gasteiger partial charge is 0.123 e. The van der Waals surface area contributed by atoms with Gasteiger partial charge in [0.25, 0.3) is 0 Å². The number of benzene rings is 2. The van der Waals surface area contributed by atoms with E-state index >= 15 is 0 Å². The Morgan fingerprint density at radius 3 is 2.26 bits per heavy atom. The van der Waals surface area contributed by atoms with Gasteiger partial charge in [-0.2, -0.15) is 0 Å². The van der Waals surface area contributed by atoms with Crippen molar-refractivity contribution in [1.82, 2.24) is 9.47 Å². The Morgan fingerprint density at radius 2 is 1.59 bits per heavy atom. The summed E-state index contributed by atoms with van der Waals surface area (Å²) in [6, 6.07) is 22.1. The number of nitrogens with zero attached hydrogens (tertiary/aromatic N) is 2. The summed E-state index contributed by atoms with van der Waals surface area (Å²) in [4.78, 5) is 2.54. The van der Waals surface area contributed by atoms with Crippen molar-refractivity contribution in [3.63, 3.8) is 0 Å². The standard InChI is InChI=1S/C24H29FN2/c1-19(2)16-27(20(3)22-8-5-4-6-9-22)18-24-10-7-15-26(24)17-21-11-13-23(25)14-12-21/h4-15,19-20H,16-18H2,1-3H3/t20-/m1/s1. The molecule has 142 valence electrons. The molecule has 3 rings (SSSR count). The zero-order chi connectivity index (χ0) is 19.2. The van der Waals surface area contributed by atoms with Crippen LogP contribution in [0, 0.1) is 11.7 Å². The predicted octanol–water partition coefficient (Wildman–Crippen LogP) is 5.89. The van der Waals surface area contributed by atoms with E-state index in [2.05, 4.69) is 78.9 Å². The molecule has 2 aromatic carbocycles. The molecule has 0 fully saturated rings. The lowest BCUT2D eigenvalue weighted by molar-refractivity contribution is 0.174. The van der Waals surface area contributed by atoms with E-state index in [0.717, 1.165) is 25.2 Å². The number of halogens is 1. The molecule has 0 unspecified atom stereocenters. The van der Waals surface area contributed by atoms with Crippen LogP contribution in [0.2, 0.25) is 0 Å². The van der Waals surface area contributed by atoms with E-state index in [-0.39, 0.29) is 5.82 Å². The summed E-state index contributed by atoms with van der Waals surface area (Å²) in [6.45, 7) is 9.51. The zero-order valence-electron chi connectivity index (χ0n) is 16.5. The normalized spacial score (nSPS) is 12.7. The van der Waals surface area contributed by atoms with Gasteiger partial charge >= 0.3 is 0 Å². The minimum atomic E-state index is -0.189. The van der Waals surface area contributed by atoms with Crippen molar-refractivity contribution in [2.75, 3.05) is 6.54 Å². The fourth-order valence-corrected chi connectivity index (χ4v) is 3.51. The molecule has 3 heteroatoms. The molecule has 0 bridgehead atoms. The van der Waals surface area contributed by atoms with Gasteiger partial charge in [-0.3, -0.25) is 4.90 Å². The monoisotopic (exact) mass is 364 g/mol. The number of rotatable bonds is 8. The van der Waals surface area contributed by atoms with Gasteiger partial charge in [-0.25, -0.2) is 4.39 Å². The second-order valence-corrected chi connectivity index (χ2v) is 7.66. The third-order valence-electron chi connectivity index (χ3n) is 4.98. The molecule has 0 aliphatic carbocycles. The fourth-order valence-electron chi connectivity index (χ4n) is 3.51. The van der Waals surface area contributed by atoms with Gasteiger partial charge in [-0.15, -0.1) is 0 Å². The number of hydrogen-bond acceptors (Lipinski definition) is 1. The zero-order valence-corrected chi connectivity index (χ0v) is 16.5. The van der Waals surface area contributed by atoms with Gasteiger partial charge in [0.2, 0.25) is 0 Å². The lowest BCUT2D eigenvalue weighted by Crippen LogP contribution is -2.31. The highest BCUT2D eigenvalue weighted by Gasteiger charge is 2.18. The molecule has 3 aromatic rings. The van der Waals surface area contributed by atoms with Crippen LogP contribution in [0.3, 0.4) is 0 Å². The van der Waals surface area contributed by atoms with E-state index in [1.807, 2.05) is 12.1 Å². The van der Waals surface area contributed by atoms with E-state index in [4.69, 9.17) is 0 Å². The average molecular weight is 365 g/mol. The third kappa shape index (κ3) is 5.30. The summed E-state index contributed by atoms with van der Waals surface area (Å²) in [5, 5.41) is 0. The first kappa shape index (κ1) is 19.4. The van der Waals surface area contributed by atoms with Crippen LogP contribution < -0.4 is 0 Å². The summed E-state index contributed by atoms with van der Waals surface area (Å²) in [6.07, 6.45) is 2.11. The molecular weight excluding hydrogens is 335 g/mol. The molecular formula is C24H29FN2. The van der Waals surface area contributed by atoms with Crippen LogP contribution in [0.1, 0.15) is 43.6 Å². The quantitative estimate of drug-likeness (QED) is 0.483. The van der Waals surface area contributed by atoms with Crippen LogP contribution >= 0.6 is 0 Å². The minimum Gasteiger partial charge on any atom is -0.346 e. The average Bonchev–Trinajstić information content (AvgIpc) is 3.09. The van der Waals surface area contributed by atoms with E-state index in [1.165, 1.54) is 23.4 Å². The Balaban J connectivity index is 1.78. The molecule has 0 saturated heterocycles. The van der Waals surface area contributed by atoms with Gasteiger partial charge in [0.15, 0.2) is 0 Å². The van der Waals surface area contributed by atoms with Crippen LogP contribution in [0.5, 0.6) is 0 Å². The van der Waals surface area contributed by atoms with Crippen molar-refractivity contribution in [3.8, 4) is 0 Å². The van der Waals surface area contributed by atoms with E-state index in [0.29, 0.717) is 12.0 Å². The Hall–Kier alpha value is -2.39. The van der Waals surface area contributed by atoms with Crippen LogP contribution in [0.4, 0.5) is 4.39 Å². The molecule has 0 spiro atoms. The number of hydrogen-bond donors (Lipinski definition) is 0. The first-order valence-corrected chi connectivity index (χ1v) is 9.70. The van der Waals surface area contributed by atoms with Crippen molar-refractivity contribution in [1.29, 1.82) is 0 Å². The van der Waals surface area contributed by atoms with Crippen LogP contribution in [-0.2, 0) is 13.1 Å². The van der Waals surface area contributed by atoms with Gasteiger partial charge in [-0.1, -0.05) is 56.3 Å². The molecule has 1 atom stereocenters. The largest absolute Gasteiger partial charge is 0.346 e. The van der Waals surface area contributed by atoms with Crippen molar-refractivity contribution in [2.24, 2.45) is 5.92 Å². The van der Waals surface area contributed by atoms with E-state index < -0.39 is 0 Å². The maximum absolute atomic E-state index is 13.2. The molecule has 27 heavy (non-hydrogen) atoms. The van der Waals surface area contributed by atoms with Crippen molar-refractivity contribution >= 4 is 0 Å². The van der Waals surface area contributed by atoms with Gasteiger partial charge in [0.1, 0.15) is 5.82 Å². The number of aromatic nitrogens is 1. The molecule has 0 aliphatic rings. The highest BCUT2D eigenvalue weighted by atomic mass is 19.1. The molecule has 0 N–H and O–H groups in total. The molecule has 2 nitrogen and oxygen atoms in total. The topological polar surface area (TPSA) is 8.17 Å². The van der Waals surface area contributed by atoms with Gasteiger partial charge in [-0.05, 0) is 48.2 Å². The lowest BCUT2D eigenvalue weighted by Gasteiger charge is -2.31. The summed E-state index contributed by atoms with van der Waals surface area (Å²) in [7, 11) is 0. The molecule has 0 aliphatic heterocycles. The highest BCUT2D eigenvalue weighted by Crippen LogP contribution is 2.24. The highest BCUT2D eigenvalue weighted by molar-refractivity contribution is 5.20. The minimum absolute atomic E-state index is 0.189. The Bertz CT molecular complexity index is 821. The fraction of sp³-hybridized carbons (Fsp3) is 0.333. The van der Waals surface area contributed by atoms with E-state index in [9.17, 15) is 4.39 Å². The molecule has 0 saturated carbocycles. The van der Waals surface area contributed by atoms with E-state index in [1.54, 1.807) is 0 Å². The maximum Gasteiger partial charge on any atom is 0.123 e. The van der Waals surface area contributed by atoms with Crippen molar-refractivity contribution in [3.05, 3.63) is 95.6 Å². The Kier molecular flexibility index (Phi) is 6.46. The van der Waals surface area contributed by atoms with Crippen LogP contribution in [-0.4, -0.2) is 16.0 Å². The summed E-state index contributed by atoms with van der Waals surface area (Å²) >= 11 is 0. The first-order chi connectivity index (χ1) is 13.0. The maximum atomic E-state index is 13.2. The first-order valence-electron chi connectivity index (χ1n) is 9.70. The summed E-state index contributed by atoms with van der Waals surface area (Å²) in [5.41, 5.74) is 3.73. The Labute approximate surface area is 162 Å². The molecule has 1 aromatic heterocycles.